The molecule has 2 aromatic rings. The van der Waals surface area contributed by atoms with E-state index in [0.29, 0.717) is 11.4 Å². The second kappa shape index (κ2) is 10.1. The van der Waals surface area contributed by atoms with Gasteiger partial charge >= 0.3 is 5.97 Å². The number of carbonyl (C=O) groups is 2. The summed E-state index contributed by atoms with van der Waals surface area (Å²) < 4.78 is 38.0. The Bertz CT molecular complexity index is 1200. The molecule has 184 valence electrons. The molecule has 1 aliphatic heterocycles. The molecule has 1 saturated heterocycles. The van der Waals surface area contributed by atoms with Crippen molar-refractivity contribution in [2.75, 3.05) is 19.0 Å². The summed E-state index contributed by atoms with van der Waals surface area (Å²) in [5.74, 6) is -1.05. The molecule has 9 nitrogen and oxygen atoms in total. The van der Waals surface area contributed by atoms with Crippen molar-refractivity contribution >= 4 is 27.6 Å². The zero-order valence-electron chi connectivity index (χ0n) is 19.9. The molecule has 10 heteroatoms. The maximum Gasteiger partial charge on any atom is 0.325 e. The van der Waals surface area contributed by atoms with Crippen LogP contribution in [-0.2, 0) is 24.3 Å². The molecule has 1 amide bonds. The molecule has 3 unspecified atom stereocenters. The number of carbonyl (C=O) groups excluding carboxylic acids is 2. The Labute approximate surface area is 199 Å². The number of hydrogen-bond acceptors (Lipinski definition) is 7. The van der Waals surface area contributed by atoms with Gasteiger partial charge < -0.3 is 19.9 Å². The zero-order chi connectivity index (χ0) is 25.2. The maximum atomic E-state index is 13.2. The van der Waals surface area contributed by atoms with E-state index in [1.165, 1.54) is 26.2 Å². The van der Waals surface area contributed by atoms with Gasteiger partial charge in [0, 0.05) is 13.0 Å². The summed E-state index contributed by atoms with van der Waals surface area (Å²) in [6, 6.07) is 8.69. The molecule has 0 spiro atoms. The Morgan fingerprint density at radius 3 is 2.47 bits per heavy atom. The summed E-state index contributed by atoms with van der Waals surface area (Å²) in [5.41, 5.74) is 3.04. The van der Waals surface area contributed by atoms with Gasteiger partial charge in [-0.15, -0.1) is 0 Å². The lowest BCUT2D eigenvalue weighted by atomic mass is 10.1. The van der Waals surface area contributed by atoms with Gasteiger partial charge in [0.25, 0.3) is 5.91 Å². The number of nitrogens with zero attached hydrogens (tertiary/aromatic N) is 1. The fourth-order valence-corrected chi connectivity index (χ4v) is 5.45. The van der Waals surface area contributed by atoms with Crippen molar-refractivity contribution in [1.82, 2.24) is 4.31 Å². The van der Waals surface area contributed by atoms with Gasteiger partial charge in [0.15, 0.2) is 6.10 Å². The van der Waals surface area contributed by atoms with Crippen LogP contribution in [0.1, 0.15) is 30.0 Å². The van der Waals surface area contributed by atoms with Crippen molar-refractivity contribution in [3.05, 3.63) is 53.1 Å². The monoisotopic (exact) mass is 490 g/mol. The molecule has 0 radical (unpaired) electrons. The van der Waals surface area contributed by atoms with Gasteiger partial charge in [-0.2, -0.15) is 4.31 Å². The molecule has 0 aliphatic carbocycles. The normalized spacial score (nSPS) is 19.5. The minimum atomic E-state index is -4.07. The third-order valence-corrected chi connectivity index (χ3v) is 7.74. The molecule has 3 atom stereocenters. The van der Waals surface area contributed by atoms with Gasteiger partial charge in [-0.3, -0.25) is 9.59 Å². The highest BCUT2D eigenvalue weighted by Crippen LogP contribution is 2.29. The largest absolute Gasteiger partial charge is 0.495 e. The Hall–Kier alpha value is -2.95. The SMILES string of the molecule is COc1ccc(C)cc1NC(=O)C(C)OC(=O)C1CC(O)CN1S(=O)(=O)c1ccc(C)c(C)c1. The molecule has 0 bridgehead atoms. The standard InChI is InChI=1S/C24H30N2O7S/c1-14-6-9-22(32-5)20(10-14)25-23(28)17(4)33-24(29)21-12-18(27)13-26(21)34(30,31)19-8-7-15(2)16(3)11-19/h6-11,17-18,21,27H,12-13H2,1-5H3,(H,25,28). The number of hydrogen-bond donors (Lipinski definition) is 2. The molecule has 2 N–H and O–H groups in total. The Morgan fingerprint density at radius 1 is 1.12 bits per heavy atom. The fourth-order valence-electron chi connectivity index (χ4n) is 3.73. The number of sulfonamides is 1. The first-order chi connectivity index (χ1) is 15.9. The topological polar surface area (TPSA) is 122 Å². The van der Waals surface area contributed by atoms with E-state index in [2.05, 4.69) is 5.32 Å². The summed E-state index contributed by atoms with van der Waals surface area (Å²) in [6.07, 6.45) is -2.36. The van der Waals surface area contributed by atoms with Crippen molar-refractivity contribution in [2.24, 2.45) is 0 Å². The number of nitrogens with one attached hydrogen (secondary N) is 1. The van der Waals surface area contributed by atoms with Crippen LogP contribution in [0.4, 0.5) is 5.69 Å². The van der Waals surface area contributed by atoms with Crippen LogP contribution in [0.2, 0.25) is 0 Å². The second-order valence-corrected chi connectivity index (χ2v) is 10.4. The van der Waals surface area contributed by atoms with Gasteiger partial charge in [-0.1, -0.05) is 12.1 Å². The van der Waals surface area contributed by atoms with Crippen molar-refractivity contribution in [3.8, 4) is 5.75 Å². The zero-order valence-corrected chi connectivity index (χ0v) is 20.7. The van der Waals surface area contributed by atoms with Crippen LogP contribution >= 0.6 is 0 Å². The minimum Gasteiger partial charge on any atom is -0.495 e. The lowest BCUT2D eigenvalue weighted by Crippen LogP contribution is -2.43. The Morgan fingerprint density at radius 2 is 1.82 bits per heavy atom. The molecule has 3 rings (SSSR count). The van der Waals surface area contributed by atoms with Gasteiger partial charge in [-0.05, 0) is 68.7 Å². The number of rotatable bonds is 7. The van der Waals surface area contributed by atoms with Gasteiger partial charge in [0.05, 0.1) is 23.8 Å². The van der Waals surface area contributed by atoms with Crippen LogP contribution < -0.4 is 10.1 Å². The number of amides is 1. The highest BCUT2D eigenvalue weighted by molar-refractivity contribution is 7.89. The number of aliphatic hydroxyl groups excluding tert-OH is 1. The smallest absolute Gasteiger partial charge is 0.325 e. The number of β-amino-alcohol motifs (C(OH)–C–C–N with tert-alkyl or cyclic N) is 1. The summed E-state index contributed by atoms with van der Waals surface area (Å²) in [4.78, 5) is 25.6. The number of esters is 1. The number of anilines is 1. The van der Waals surface area contributed by atoms with Gasteiger partial charge in [0.1, 0.15) is 11.8 Å². The van der Waals surface area contributed by atoms with E-state index in [4.69, 9.17) is 9.47 Å². The fraction of sp³-hybridized carbons (Fsp3) is 0.417. The molecular formula is C24H30N2O7S. The number of aryl methyl sites for hydroxylation is 3. The number of aliphatic hydroxyl groups is 1. The first-order valence-corrected chi connectivity index (χ1v) is 12.3. The average molecular weight is 491 g/mol. The summed E-state index contributed by atoms with van der Waals surface area (Å²) >= 11 is 0. The molecule has 1 heterocycles. The number of ether oxygens (including phenoxy) is 2. The molecule has 1 aliphatic rings. The predicted octanol–water partition coefficient (Wildman–Crippen LogP) is 2.31. The Balaban J connectivity index is 1.75. The first-order valence-electron chi connectivity index (χ1n) is 10.9. The minimum absolute atomic E-state index is 0.0276. The van der Waals surface area contributed by atoms with Gasteiger partial charge in [0.2, 0.25) is 10.0 Å². The van der Waals surface area contributed by atoms with E-state index in [9.17, 15) is 23.1 Å². The van der Waals surface area contributed by atoms with E-state index in [1.807, 2.05) is 19.9 Å². The van der Waals surface area contributed by atoms with E-state index in [-0.39, 0.29) is 17.9 Å². The predicted molar refractivity (Wildman–Crippen MR) is 126 cm³/mol. The third-order valence-electron chi connectivity index (χ3n) is 5.87. The highest BCUT2D eigenvalue weighted by atomic mass is 32.2. The van der Waals surface area contributed by atoms with Crippen LogP contribution in [0, 0.1) is 20.8 Å². The van der Waals surface area contributed by atoms with Crippen LogP contribution in [-0.4, -0.2) is 61.6 Å². The molecule has 0 aromatic heterocycles. The quantitative estimate of drug-likeness (QED) is 0.571. The van der Waals surface area contributed by atoms with Crippen LogP contribution in [0.15, 0.2) is 41.3 Å². The average Bonchev–Trinajstić information content (AvgIpc) is 3.18. The van der Waals surface area contributed by atoms with E-state index in [0.717, 1.165) is 21.0 Å². The second-order valence-electron chi connectivity index (χ2n) is 8.50. The molecule has 34 heavy (non-hydrogen) atoms. The molecule has 0 saturated carbocycles. The lowest BCUT2D eigenvalue weighted by molar-refractivity contribution is -0.156. The van der Waals surface area contributed by atoms with Gasteiger partial charge in [-0.25, -0.2) is 8.42 Å². The molecular weight excluding hydrogens is 460 g/mol. The summed E-state index contributed by atoms with van der Waals surface area (Å²) in [5, 5.41) is 12.8. The molecule has 1 fully saturated rings. The van der Waals surface area contributed by atoms with E-state index < -0.39 is 40.1 Å². The van der Waals surface area contributed by atoms with Crippen LogP contribution in [0.5, 0.6) is 5.75 Å². The van der Waals surface area contributed by atoms with E-state index >= 15 is 0 Å². The maximum absolute atomic E-state index is 13.2. The number of methoxy groups -OCH3 is 1. The summed E-state index contributed by atoms with van der Waals surface area (Å²) in [6.45, 7) is 6.67. The van der Waals surface area contributed by atoms with E-state index in [1.54, 1.807) is 25.1 Å². The lowest BCUT2D eigenvalue weighted by Gasteiger charge is -2.24. The van der Waals surface area contributed by atoms with Crippen molar-refractivity contribution in [3.63, 3.8) is 0 Å². The van der Waals surface area contributed by atoms with Crippen LogP contribution in [0.25, 0.3) is 0 Å². The van der Waals surface area contributed by atoms with Crippen LogP contribution in [0.3, 0.4) is 0 Å². The third kappa shape index (κ3) is 5.40. The first kappa shape index (κ1) is 25.7. The highest BCUT2D eigenvalue weighted by Gasteiger charge is 2.45. The summed E-state index contributed by atoms with van der Waals surface area (Å²) in [7, 11) is -2.60. The van der Waals surface area contributed by atoms with Crippen molar-refractivity contribution < 1.29 is 32.6 Å². The number of benzene rings is 2. The van der Waals surface area contributed by atoms with Crippen molar-refractivity contribution in [2.45, 2.75) is 57.3 Å². The Kier molecular flexibility index (Phi) is 7.64. The van der Waals surface area contributed by atoms with Crippen molar-refractivity contribution in [1.29, 1.82) is 0 Å². The molecule has 2 aromatic carbocycles.